The Morgan fingerprint density at radius 3 is 2.77 bits per heavy atom. The van der Waals surface area contributed by atoms with Gasteiger partial charge in [-0.15, -0.1) is 0 Å². The number of rotatable bonds is 5. The first-order chi connectivity index (χ1) is 12.7. The maximum Gasteiger partial charge on any atom is 0.0520 e. The lowest BCUT2D eigenvalue weighted by molar-refractivity contribution is 0.761. The van der Waals surface area contributed by atoms with Gasteiger partial charge in [-0.1, -0.05) is 23.7 Å². The average Bonchev–Trinajstić information content (AvgIpc) is 3.05. The van der Waals surface area contributed by atoms with E-state index in [-0.39, 0.29) is 0 Å². The number of hydrogen-bond acceptors (Lipinski definition) is 3. The van der Waals surface area contributed by atoms with Gasteiger partial charge in [0.05, 0.1) is 6.04 Å². The summed E-state index contributed by atoms with van der Waals surface area (Å²) in [5.41, 5.74) is 6.40. The Hall–Kier alpha value is -2.52. The van der Waals surface area contributed by atoms with E-state index in [9.17, 15) is 0 Å². The fourth-order valence-corrected chi connectivity index (χ4v) is 3.80. The molecule has 1 unspecified atom stereocenters. The molecule has 3 aromatic rings. The number of nitrogens with one attached hydrogen (secondary N) is 1. The molecule has 132 valence electrons. The van der Waals surface area contributed by atoms with Crippen molar-refractivity contribution in [1.82, 2.24) is 4.98 Å². The summed E-state index contributed by atoms with van der Waals surface area (Å²) in [6, 6.07) is 19.2. The van der Waals surface area contributed by atoms with E-state index in [4.69, 9.17) is 11.6 Å². The Labute approximate surface area is 159 Å². The normalized spacial score (nSPS) is 15.5. The van der Waals surface area contributed by atoms with Crippen molar-refractivity contribution >= 4 is 23.0 Å². The third-order valence-corrected chi connectivity index (χ3v) is 5.22. The van der Waals surface area contributed by atoms with Gasteiger partial charge in [0.2, 0.25) is 0 Å². The Balaban J connectivity index is 1.54. The van der Waals surface area contributed by atoms with Crippen molar-refractivity contribution < 1.29 is 0 Å². The van der Waals surface area contributed by atoms with Crippen LogP contribution in [-0.2, 0) is 13.0 Å². The highest BCUT2D eigenvalue weighted by molar-refractivity contribution is 6.30. The molecule has 4 heteroatoms. The summed E-state index contributed by atoms with van der Waals surface area (Å²) in [7, 11) is 2.14. The lowest BCUT2D eigenvalue weighted by Gasteiger charge is -2.22. The number of anilines is 2. The second-order valence-corrected chi connectivity index (χ2v) is 7.28. The molecule has 0 fully saturated rings. The summed E-state index contributed by atoms with van der Waals surface area (Å²) >= 11 is 6.12. The van der Waals surface area contributed by atoms with Crippen molar-refractivity contribution in [1.29, 1.82) is 0 Å². The third kappa shape index (κ3) is 3.68. The lowest BCUT2D eigenvalue weighted by atomic mass is 10.1. The van der Waals surface area contributed by atoms with Gasteiger partial charge in [-0.3, -0.25) is 4.98 Å². The highest BCUT2D eigenvalue weighted by Gasteiger charge is 2.23. The van der Waals surface area contributed by atoms with E-state index in [1.165, 1.54) is 22.4 Å². The van der Waals surface area contributed by atoms with Crippen LogP contribution in [0.15, 0.2) is 67.0 Å². The molecule has 0 aliphatic heterocycles. The smallest absolute Gasteiger partial charge is 0.0520 e. The summed E-state index contributed by atoms with van der Waals surface area (Å²) in [6.07, 6.45) is 5.91. The van der Waals surface area contributed by atoms with E-state index in [1.54, 1.807) is 0 Å². The van der Waals surface area contributed by atoms with Crippen LogP contribution in [0.4, 0.5) is 11.4 Å². The highest BCUT2D eigenvalue weighted by atomic mass is 35.5. The summed E-state index contributed by atoms with van der Waals surface area (Å²) < 4.78 is 0. The molecule has 1 N–H and O–H groups in total. The van der Waals surface area contributed by atoms with Crippen LogP contribution >= 0.6 is 11.6 Å². The van der Waals surface area contributed by atoms with Crippen molar-refractivity contribution in [3.8, 4) is 0 Å². The molecule has 0 saturated carbocycles. The first-order valence-electron chi connectivity index (χ1n) is 8.94. The number of aromatic nitrogens is 1. The summed E-state index contributed by atoms with van der Waals surface area (Å²) in [5, 5.41) is 4.41. The van der Waals surface area contributed by atoms with Crippen LogP contribution in [0.25, 0.3) is 0 Å². The molecule has 0 saturated heterocycles. The molecule has 1 aliphatic rings. The lowest BCUT2D eigenvalue weighted by Crippen LogP contribution is -2.17. The minimum atomic E-state index is 0.331. The van der Waals surface area contributed by atoms with Crippen LogP contribution in [0.5, 0.6) is 0 Å². The molecule has 4 rings (SSSR count). The van der Waals surface area contributed by atoms with Gasteiger partial charge in [-0.2, -0.15) is 0 Å². The van der Waals surface area contributed by atoms with E-state index in [0.717, 1.165) is 30.1 Å². The fraction of sp³-hybridized carbons (Fsp3) is 0.227. The quantitative estimate of drug-likeness (QED) is 0.651. The molecule has 0 bridgehead atoms. The van der Waals surface area contributed by atoms with Crippen molar-refractivity contribution in [3.05, 3.63) is 88.7 Å². The van der Waals surface area contributed by atoms with E-state index in [0.29, 0.717) is 6.04 Å². The zero-order valence-corrected chi connectivity index (χ0v) is 15.6. The first kappa shape index (κ1) is 16.9. The van der Waals surface area contributed by atoms with Crippen molar-refractivity contribution in [2.75, 3.05) is 17.3 Å². The number of fused-ring (bicyclic) bond motifs is 1. The molecule has 0 amide bonds. The zero-order chi connectivity index (χ0) is 17.9. The SMILES string of the molecule is CN(Cc1ccncc1)c1ccc2c(c1)C(Nc1cccc(Cl)c1)CC2. The molecule has 0 radical (unpaired) electrons. The molecule has 2 aromatic carbocycles. The van der Waals surface area contributed by atoms with Crippen LogP contribution in [0.3, 0.4) is 0 Å². The summed E-state index contributed by atoms with van der Waals surface area (Å²) in [5.74, 6) is 0. The van der Waals surface area contributed by atoms with Gasteiger partial charge in [0, 0.05) is 42.4 Å². The van der Waals surface area contributed by atoms with Gasteiger partial charge < -0.3 is 10.2 Å². The molecular formula is C22H22ClN3. The van der Waals surface area contributed by atoms with Crippen LogP contribution < -0.4 is 10.2 Å². The molecule has 26 heavy (non-hydrogen) atoms. The fourth-order valence-electron chi connectivity index (χ4n) is 3.61. The topological polar surface area (TPSA) is 28.2 Å². The minimum absolute atomic E-state index is 0.331. The van der Waals surface area contributed by atoms with Crippen molar-refractivity contribution in [2.24, 2.45) is 0 Å². The Kier molecular flexibility index (Phi) is 4.81. The van der Waals surface area contributed by atoms with Gasteiger partial charge in [-0.05, 0) is 72.0 Å². The number of aryl methyl sites for hydroxylation is 1. The molecular weight excluding hydrogens is 342 g/mol. The van der Waals surface area contributed by atoms with Crippen LogP contribution in [0.1, 0.15) is 29.2 Å². The Bertz CT molecular complexity index is 895. The molecule has 1 heterocycles. The van der Waals surface area contributed by atoms with E-state index < -0.39 is 0 Å². The first-order valence-corrected chi connectivity index (χ1v) is 9.32. The largest absolute Gasteiger partial charge is 0.378 e. The Morgan fingerprint density at radius 1 is 1.12 bits per heavy atom. The van der Waals surface area contributed by atoms with Gasteiger partial charge in [0.1, 0.15) is 0 Å². The van der Waals surface area contributed by atoms with Crippen molar-refractivity contribution in [3.63, 3.8) is 0 Å². The number of pyridine rings is 1. The standard InChI is InChI=1S/C22H22ClN3/c1-26(15-16-9-11-24-12-10-16)20-7-5-17-6-8-22(21(17)14-20)25-19-4-2-3-18(23)13-19/h2-5,7,9-14,22,25H,6,8,15H2,1H3. The molecule has 1 aliphatic carbocycles. The molecule has 1 aromatic heterocycles. The van der Waals surface area contributed by atoms with Crippen LogP contribution in [0, 0.1) is 0 Å². The predicted molar refractivity (Wildman–Crippen MR) is 109 cm³/mol. The van der Waals surface area contributed by atoms with Gasteiger partial charge >= 0.3 is 0 Å². The molecule has 0 spiro atoms. The number of halogens is 1. The van der Waals surface area contributed by atoms with Gasteiger partial charge in [0.15, 0.2) is 0 Å². The van der Waals surface area contributed by atoms with E-state index >= 15 is 0 Å². The molecule has 3 nitrogen and oxygen atoms in total. The minimum Gasteiger partial charge on any atom is -0.378 e. The summed E-state index contributed by atoms with van der Waals surface area (Å²) in [4.78, 5) is 6.37. The maximum absolute atomic E-state index is 6.12. The number of hydrogen-bond donors (Lipinski definition) is 1. The summed E-state index contributed by atoms with van der Waals surface area (Å²) in [6.45, 7) is 0.869. The van der Waals surface area contributed by atoms with Gasteiger partial charge in [-0.25, -0.2) is 0 Å². The van der Waals surface area contributed by atoms with Crippen LogP contribution in [-0.4, -0.2) is 12.0 Å². The predicted octanol–water partition coefficient (Wildman–Crippen LogP) is 5.47. The van der Waals surface area contributed by atoms with Crippen LogP contribution in [0.2, 0.25) is 5.02 Å². The van der Waals surface area contributed by atoms with Crippen molar-refractivity contribution in [2.45, 2.75) is 25.4 Å². The third-order valence-electron chi connectivity index (χ3n) is 4.98. The van der Waals surface area contributed by atoms with E-state index in [1.807, 2.05) is 30.6 Å². The van der Waals surface area contributed by atoms with E-state index in [2.05, 4.69) is 58.6 Å². The average molecular weight is 364 g/mol. The highest BCUT2D eigenvalue weighted by Crippen LogP contribution is 2.36. The maximum atomic E-state index is 6.12. The number of benzene rings is 2. The second kappa shape index (κ2) is 7.38. The second-order valence-electron chi connectivity index (χ2n) is 6.84. The Morgan fingerprint density at radius 2 is 1.96 bits per heavy atom. The molecule has 1 atom stereocenters. The monoisotopic (exact) mass is 363 g/mol. The number of nitrogens with zero attached hydrogens (tertiary/aromatic N) is 2. The van der Waals surface area contributed by atoms with Gasteiger partial charge in [0.25, 0.3) is 0 Å². The zero-order valence-electron chi connectivity index (χ0n) is 14.8.